The van der Waals surface area contributed by atoms with Crippen LogP contribution in [0.5, 0.6) is 0 Å². The fourth-order valence-electron chi connectivity index (χ4n) is 4.41. The highest BCUT2D eigenvalue weighted by Crippen LogP contribution is 2.46. The quantitative estimate of drug-likeness (QED) is 0.765. The minimum Gasteiger partial charge on any atom is -0.274 e. The Morgan fingerprint density at radius 2 is 1.60 bits per heavy atom. The second-order valence-corrected chi connectivity index (χ2v) is 7.44. The first-order chi connectivity index (χ1) is 12.1. The van der Waals surface area contributed by atoms with Crippen molar-refractivity contribution in [3.8, 4) is 0 Å². The number of amides is 2. The summed E-state index contributed by atoms with van der Waals surface area (Å²) in [4.78, 5) is 27.5. The summed E-state index contributed by atoms with van der Waals surface area (Å²) in [6.45, 7) is 3.95. The van der Waals surface area contributed by atoms with Gasteiger partial charge in [-0.15, -0.1) is 0 Å². The van der Waals surface area contributed by atoms with Crippen LogP contribution in [0, 0.1) is 25.7 Å². The second-order valence-electron chi connectivity index (χ2n) is 7.44. The van der Waals surface area contributed by atoms with Crippen LogP contribution in [0.25, 0.3) is 0 Å². The maximum atomic E-state index is 13.1. The molecular weight excluding hydrogens is 310 g/mol. The molecule has 0 N–H and O–H groups in total. The van der Waals surface area contributed by atoms with Gasteiger partial charge in [0.2, 0.25) is 11.8 Å². The van der Waals surface area contributed by atoms with Crippen molar-refractivity contribution in [2.75, 3.05) is 4.90 Å². The monoisotopic (exact) mass is 333 g/mol. The zero-order chi connectivity index (χ0) is 17.6. The Hall–Kier alpha value is -2.42. The number of hydrogen-bond donors (Lipinski definition) is 0. The van der Waals surface area contributed by atoms with Crippen LogP contribution in [0.15, 0.2) is 48.5 Å². The summed E-state index contributed by atoms with van der Waals surface area (Å²) in [5.41, 5.74) is 4.09. The number of carbonyl (C=O) groups excluding carboxylic acids is 2. The Balaban J connectivity index is 1.64. The number of rotatable bonds is 2. The summed E-state index contributed by atoms with van der Waals surface area (Å²) in [6.07, 6.45) is 2.56. The molecule has 0 aromatic heterocycles. The number of hydrogen-bond acceptors (Lipinski definition) is 2. The fraction of sp³-hybridized carbons (Fsp3) is 0.364. The molecule has 0 unspecified atom stereocenters. The SMILES string of the molecule is Cc1ccc(C)c(N2C(=O)[C@@H]3CC[C@@H](c4ccccc4)C[C@H]3C2=O)c1. The van der Waals surface area contributed by atoms with Crippen LogP contribution in [-0.4, -0.2) is 11.8 Å². The highest BCUT2D eigenvalue weighted by atomic mass is 16.2. The first-order valence-corrected chi connectivity index (χ1v) is 9.06. The van der Waals surface area contributed by atoms with E-state index in [9.17, 15) is 9.59 Å². The summed E-state index contributed by atoms with van der Waals surface area (Å²) in [7, 11) is 0. The maximum absolute atomic E-state index is 13.1. The highest BCUT2D eigenvalue weighted by molar-refractivity contribution is 6.22. The molecule has 2 aliphatic rings. The lowest BCUT2D eigenvalue weighted by atomic mass is 9.73. The van der Waals surface area contributed by atoms with Crippen LogP contribution in [0.1, 0.15) is 41.9 Å². The lowest BCUT2D eigenvalue weighted by Gasteiger charge is -2.28. The molecule has 3 nitrogen and oxygen atoms in total. The van der Waals surface area contributed by atoms with Gasteiger partial charge in [-0.05, 0) is 61.8 Å². The Labute approximate surface area is 148 Å². The van der Waals surface area contributed by atoms with E-state index in [4.69, 9.17) is 0 Å². The van der Waals surface area contributed by atoms with E-state index in [1.807, 2.05) is 50.2 Å². The Bertz CT molecular complexity index is 827. The molecule has 4 rings (SSSR count). The van der Waals surface area contributed by atoms with Gasteiger partial charge in [0.1, 0.15) is 0 Å². The van der Waals surface area contributed by atoms with Crippen molar-refractivity contribution < 1.29 is 9.59 Å². The first kappa shape index (κ1) is 16.1. The fourth-order valence-corrected chi connectivity index (χ4v) is 4.41. The molecule has 2 aromatic rings. The molecule has 1 aliphatic carbocycles. The van der Waals surface area contributed by atoms with Gasteiger partial charge in [-0.25, -0.2) is 4.90 Å². The Morgan fingerprint density at radius 3 is 2.36 bits per heavy atom. The van der Waals surface area contributed by atoms with E-state index >= 15 is 0 Å². The number of imide groups is 1. The van der Waals surface area contributed by atoms with Crippen LogP contribution in [-0.2, 0) is 9.59 Å². The third-order valence-corrected chi connectivity index (χ3v) is 5.80. The highest BCUT2D eigenvalue weighted by Gasteiger charge is 2.50. The van der Waals surface area contributed by atoms with Gasteiger partial charge in [0.05, 0.1) is 17.5 Å². The van der Waals surface area contributed by atoms with Crippen LogP contribution < -0.4 is 4.90 Å². The van der Waals surface area contributed by atoms with Gasteiger partial charge in [0.25, 0.3) is 0 Å². The maximum Gasteiger partial charge on any atom is 0.237 e. The van der Waals surface area contributed by atoms with E-state index in [1.165, 1.54) is 10.5 Å². The van der Waals surface area contributed by atoms with Gasteiger partial charge in [-0.1, -0.05) is 42.5 Å². The van der Waals surface area contributed by atoms with Crippen LogP contribution >= 0.6 is 0 Å². The van der Waals surface area contributed by atoms with Crippen LogP contribution in [0.4, 0.5) is 5.69 Å². The third-order valence-electron chi connectivity index (χ3n) is 5.80. The normalized spacial score (nSPS) is 26.0. The van der Waals surface area contributed by atoms with Crippen molar-refractivity contribution in [1.82, 2.24) is 0 Å². The van der Waals surface area contributed by atoms with Gasteiger partial charge >= 0.3 is 0 Å². The average molecular weight is 333 g/mol. The molecule has 2 amide bonds. The molecule has 1 saturated carbocycles. The summed E-state index contributed by atoms with van der Waals surface area (Å²) < 4.78 is 0. The van der Waals surface area contributed by atoms with Crippen molar-refractivity contribution in [2.24, 2.45) is 11.8 Å². The minimum absolute atomic E-state index is 0.00443. The molecule has 1 heterocycles. The topological polar surface area (TPSA) is 37.4 Å². The molecular formula is C22H23NO2. The van der Waals surface area contributed by atoms with Gasteiger partial charge < -0.3 is 0 Å². The number of carbonyl (C=O) groups is 2. The van der Waals surface area contributed by atoms with Crippen molar-refractivity contribution in [3.63, 3.8) is 0 Å². The Kier molecular flexibility index (Phi) is 3.95. The van der Waals surface area contributed by atoms with E-state index < -0.39 is 0 Å². The van der Waals surface area contributed by atoms with E-state index in [2.05, 4.69) is 12.1 Å². The molecule has 1 aliphatic heterocycles. The summed E-state index contributed by atoms with van der Waals surface area (Å²) in [6, 6.07) is 16.3. The zero-order valence-corrected chi connectivity index (χ0v) is 14.7. The molecule has 0 radical (unpaired) electrons. The zero-order valence-electron chi connectivity index (χ0n) is 14.7. The predicted molar refractivity (Wildman–Crippen MR) is 98.4 cm³/mol. The van der Waals surface area contributed by atoms with Gasteiger partial charge in [-0.2, -0.15) is 0 Å². The number of aryl methyl sites for hydroxylation is 2. The van der Waals surface area contributed by atoms with Gasteiger partial charge in [0, 0.05) is 0 Å². The Morgan fingerprint density at radius 1 is 0.880 bits per heavy atom. The van der Waals surface area contributed by atoms with Gasteiger partial charge in [-0.3, -0.25) is 9.59 Å². The van der Waals surface area contributed by atoms with Crippen molar-refractivity contribution in [1.29, 1.82) is 0 Å². The van der Waals surface area contributed by atoms with E-state index in [0.29, 0.717) is 5.92 Å². The number of anilines is 1. The van der Waals surface area contributed by atoms with E-state index in [0.717, 1.165) is 36.1 Å². The first-order valence-electron chi connectivity index (χ1n) is 9.06. The van der Waals surface area contributed by atoms with Gasteiger partial charge in [0.15, 0.2) is 0 Å². The molecule has 3 heteroatoms. The second kappa shape index (κ2) is 6.14. The largest absolute Gasteiger partial charge is 0.274 e. The molecule has 128 valence electrons. The lowest BCUT2D eigenvalue weighted by molar-refractivity contribution is -0.122. The minimum atomic E-state index is -0.175. The lowest BCUT2D eigenvalue weighted by Crippen LogP contribution is -2.31. The molecule has 2 aromatic carbocycles. The predicted octanol–water partition coefficient (Wildman–Crippen LogP) is 4.38. The smallest absolute Gasteiger partial charge is 0.237 e. The van der Waals surface area contributed by atoms with Crippen molar-refractivity contribution in [3.05, 3.63) is 65.2 Å². The molecule has 1 saturated heterocycles. The third kappa shape index (κ3) is 2.68. The number of benzene rings is 2. The number of fused-ring (bicyclic) bond motifs is 1. The van der Waals surface area contributed by atoms with E-state index in [-0.39, 0.29) is 23.7 Å². The molecule has 2 fully saturated rings. The molecule has 0 spiro atoms. The number of nitrogens with zero attached hydrogens (tertiary/aromatic N) is 1. The van der Waals surface area contributed by atoms with Crippen LogP contribution in [0.3, 0.4) is 0 Å². The summed E-state index contributed by atoms with van der Waals surface area (Å²) in [5, 5.41) is 0. The van der Waals surface area contributed by atoms with Crippen LogP contribution in [0.2, 0.25) is 0 Å². The molecule has 25 heavy (non-hydrogen) atoms. The van der Waals surface area contributed by atoms with Crippen molar-refractivity contribution in [2.45, 2.75) is 39.0 Å². The van der Waals surface area contributed by atoms with E-state index in [1.54, 1.807) is 0 Å². The summed E-state index contributed by atoms with van der Waals surface area (Å²) >= 11 is 0. The van der Waals surface area contributed by atoms with Crippen molar-refractivity contribution >= 4 is 17.5 Å². The summed E-state index contributed by atoms with van der Waals surface area (Å²) in [5.74, 6) is 0.0380. The molecule has 0 bridgehead atoms. The standard InChI is InChI=1S/C22H23NO2/c1-14-8-9-15(2)20(12-14)23-21(24)18-11-10-17(13-19(18)22(23)25)16-6-4-3-5-7-16/h3-9,12,17-19H,10-11,13H2,1-2H3/t17-,18-,19-/m1/s1. The molecule has 3 atom stereocenters. The average Bonchev–Trinajstić information content (AvgIpc) is 2.88.